The van der Waals surface area contributed by atoms with Crippen LogP contribution in [0.4, 0.5) is 0 Å². The largest absolute Gasteiger partial charge is 0.299 e. The Balaban J connectivity index is 1.89. The quantitative estimate of drug-likeness (QED) is 0.710. The standard InChI is InChI=1S/C17H28O/c1-4-14(5-2)15(18)17-9-12-6-13(10-17)8-16(3,7-12)11-17/h12-14H,4-11H2,1-3H3. The number of carbonyl (C=O) groups excluding carboxylic acids is 1. The van der Waals surface area contributed by atoms with Gasteiger partial charge in [-0.05, 0) is 68.6 Å². The molecule has 0 heterocycles. The molecule has 18 heavy (non-hydrogen) atoms. The summed E-state index contributed by atoms with van der Waals surface area (Å²) in [5.74, 6) is 2.72. The zero-order valence-electron chi connectivity index (χ0n) is 12.3. The van der Waals surface area contributed by atoms with Crippen molar-refractivity contribution in [3.05, 3.63) is 0 Å². The van der Waals surface area contributed by atoms with Gasteiger partial charge in [0.05, 0.1) is 0 Å². The molecular weight excluding hydrogens is 220 g/mol. The Morgan fingerprint density at radius 1 is 1.11 bits per heavy atom. The Bertz CT molecular complexity index is 339. The summed E-state index contributed by atoms with van der Waals surface area (Å²) in [6.07, 6.45) is 9.99. The lowest BCUT2D eigenvalue weighted by atomic mass is 9.43. The molecule has 2 atom stereocenters. The van der Waals surface area contributed by atoms with Gasteiger partial charge in [0.2, 0.25) is 0 Å². The number of ketones is 1. The fraction of sp³-hybridized carbons (Fsp3) is 0.941. The molecule has 0 aromatic heterocycles. The molecule has 4 saturated carbocycles. The Kier molecular flexibility index (Phi) is 2.88. The average Bonchev–Trinajstić information content (AvgIpc) is 2.27. The lowest BCUT2D eigenvalue weighted by Crippen LogP contribution is -2.55. The van der Waals surface area contributed by atoms with Crippen LogP contribution in [0.15, 0.2) is 0 Å². The van der Waals surface area contributed by atoms with Crippen molar-refractivity contribution in [1.29, 1.82) is 0 Å². The van der Waals surface area contributed by atoms with Gasteiger partial charge < -0.3 is 0 Å². The fourth-order valence-electron chi connectivity index (χ4n) is 6.10. The van der Waals surface area contributed by atoms with Crippen LogP contribution < -0.4 is 0 Å². The minimum absolute atomic E-state index is 0.107. The maximum absolute atomic E-state index is 13.0. The number of carbonyl (C=O) groups is 1. The van der Waals surface area contributed by atoms with Gasteiger partial charge in [-0.3, -0.25) is 4.79 Å². The zero-order chi connectivity index (χ0) is 13.0. The molecule has 4 bridgehead atoms. The SMILES string of the molecule is CCC(CC)C(=O)C12CC3CC(CC(C)(C3)C1)C2. The van der Waals surface area contributed by atoms with Crippen LogP contribution in [0.1, 0.15) is 72.1 Å². The van der Waals surface area contributed by atoms with Crippen LogP contribution in [0.25, 0.3) is 0 Å². The summed E-state index contributed by atoms with van der Waals surface area (Å²) >= 11 is 0. The summed E-state index contributed by atoms with van der Waals surface area (Å²) in [5.41, 5.74) is 0.612. The number of Topliss-reactive ketones (excluding diaryl/α,β-unsaturated/α-hetero) is 1. The molecule has 0 saturated heterocycles. The predicted molar refractivity (Wildman–Crippen MR) is 74.3 cm³/mol. The van der Waals surface area contributed by atoms with E-state index in [1.54, 1.807) is 0 Å². The third kappa shape index (κ3) is 1.77. The molecule has 1 nitrogen and oxygen atoms in total. The van der Waals surface area contributed by atoms with Crippen molar-refractivity contribution in [3.63, 3.8) is 0 Å². The first-order valence-corrected chi connectivity index (χ1v) is 8.04. The van der Waals surface area contributed by atoms with E-state index >= 15 is 0 Å². The van der Waals surface area contributed by atoms with Crippen LogP contribution in [0, 0.1) is 28.6 Å². The summed E-state index contributed by atoms with van der Waals surface area (Å²) in [4.78, 5) is 13.0. The summed E-state index contributed by atoms with van der Waals surface area (Å²) in [6.45, 7) is 6.84. The lowest BCUT2D eigenvalue weighted by Gasteiger charge is -2.61. The maximum Gasteiger partial charge on any atom is 0.142 e. The summed E-state index contributed by atoms with van der Waals surface area (Å²) in [5, 5.41) is 0. The first-order valence-electron chi connectivity index (χ1n) is 8.04. The molecule has 0 aromatic carbocycles. The van der Waals surface area contributed by atoms with Gasteiger partial charge in [-0.1, -0.05) is 20.8 Å². The molecule has 4 aliphatic carbocycles. The molecule has 0 aliphatic heterocycles. The first kappa shape index (κ1) is 12.7. The van der Waals surface area contributed by atoms with Crippen LogP contribution >= 0.6 is 0 Å². The third-order valence-electron chi connectivity index (χ3n) is 6.23. The van der Waals surface area contributed by atoms with E-state index in [-0.39, 0.29) is 5.41 Å². The molecule has 4 fully saturated rings. The topological polar surface area (TPSA) is 17.1 Å². The Labute approximate surface area is 112 Å². The predicted octanol–water partition coefficient (Wildman–Crippen LogP) is 4.60. The van der Waals surface area contributed by atoms with Crippen molar-refractivity contribution in [3.8, 4) is 0 Å². The molecule has 0 amide bonds. The van der Waals surface area contributed by atoms with Gasteiger partial charge in [-0.25, -0.2) is 0 Å². The van der Waals surface area contributed by atoms with Gasteiger partial charge in [0.1, 0.15) is 5.78 Å². The molecule has 0 spiro atoms. The Morgan fingerprint density at radius 3 is 2.11 bits per heavy atom. The molecule has 4 aliphatic rings. The van der Waals surface area contributed by atoms with Gasteiger partial charge >= 0.3 is 0 Å². The van der Waals surface area contributed by atoms with Crippen LogP contribution in [-0.2, 0) is 4.79 Å². The number of rotatable bonds is 4. The van der Waals surface area contributed by atoms with E-state index in [0.29, 0.717) is 17.1 Å². The highest BCUT2D eigenvalue weighted by Gasteiger charge is 2.59. The average molecular weight is 248 g/mol. The Hall–Kier alpha value is -0.330. The van der Waals surface area contributed by atoms with E-state index in [2.05, 4.69) is 20.8 Å². The van der Waals surface area contributed by atoms with E-state index < -0.39 is 0 Å². The van der Waals surface area contributed by atoms with Crippen LogP contribution in [0.2, 0.25) is 0 Å². The maximum atomic E-state index is 13.0. The second-order valence-corrected chi connectivity index (χ2v) is 7.93. The summed E-state index contributed by atoms with van der Waals surface area (Å²) in [6, 6.07) is 0. The monoisotopic (exact) mass is 248 g/mol. The minimum Gasteiger partial charge on any atom is -0.299 e. The van der Waals surface area contributed by atoms with Crippen LogP contribution in [0.3, 0.4) is 0 Å². The highest BCUT2D eigenvalue weighted by Crippen LogP contribution is 2.65. The van der Waals surface area contributed by atoms with E-state index in [9.17, 15) is 4.79 Å². The van der Waals surface area contributed by atoms with Gasteiger partial charge in [0.15, 0.2) is 0 Å². The normalized spacial score (nSPS) is 45.8. The second-order valence-electron chi connectivity index (χ2n) is 7.93. The van der Waals surface area contributed by atoms with Crippen molar-refractivity contribution >= 4 is 5.78 Å². The third-order valence-corrected chi connectivity index (χ3v) is 6.23. The molecule has 1 heteroatoms. The number of hydrogen-bond acceptors (Lipinski definition) is 1. The molecular formula is C17H28O. The van der Waals surface area contributed by atoms with Crippen molar-refractivity contribution in [2.75, 3.05) is 0 Å². The van der Waals surface area contributed by atoms with Gasteiger partial charge in [-0.15, -0.1) is 0 Å². The van der Waals surface area contributed by atoms with Crippen molar-refractivity contribution in [2.24, 2.45) is 28.6 Å². The highest BCUT2D eigenvalue weighted by molar-refractivity contribution is 5.87. The van der Waals surface area contributed by atoms with Gasteiger partial charge in [-0.2, -0.15) is 0 Å². The van der Waals surface area contributed by atoms with E-state index in [0.717, 1.165) is 24.7 Å². The Morgan fingerprint density at radius 2 is 1.67 bits per heavy atom. The fourth-order valence-corrected chi connectivity index (χ4v) is 6.10. The molecule has 0 aromatic rings. The van der Waals surface area contributed by atoms with E-state index in [1.165, 1.54) is 38.5 Å². The van der Waals surface area contributed by atoms with Crippen molar-refractivity contribution in [2.45, 2.75) is 72.1 Å². The molecule has 4 rings (SSSR count). The zero-order valence-corrected chi connectivity index (χ0v) is 12.3. The molecule has 0 radical (unpaired) electrons. The highest BCUT2D eigenvalue weighted by atomic mass is 16.1. The summed E-state index contributed by atoms with van der Waals surface area (Å²) in [7, 11) is 0. The molecule has 102 valence electrons. The number of hydrogen-bond donors (Lipinski definition) is 0. The van der Waals surface area contributed by atoms with Crippen molar-refractivity contribution < 1.29 is 4.79 Å². The molecule has 0 N–H and O–H groups in total. The van der Waals surface area contributed by atoms with Crippen LogP contribution in [-0.4, -0.2) is 5.78 Å². The second kappa shape index (κ2) is 4.08. The van der Waals surface area contributed by atoms with Gasteiger partial charge in [0.25, 0.3) is 0 Å². The summed E-state index contributed by atoms with van der Waals surface area (Å²) < 4.78 is 0. The van der Waals surface area contributed by atoms with Crippen LogP contribution in [0.5, 0.6) is 0 Å². The van der Waals surface area contributed by atoms with E-state index in [1.807, 2.05) is 0 Å². The van der Waals surface area contributed by atoms with Gasteiger partial charge in [0, 0.05) is 11.3 Å². The minimum atomic E-state index is 0.107. The lowest BCUT2D eigenvalue weighted by molar-refractivity contribution is -0.157. The first-order chi connectivity index (χ1) is 8.50. The smallest absolute Gasteiger partial charge is 0.142 e. The van der Waals surface area contributed by atoms with Crippen molar-refractivity contribution in [1.82, 2.24) is 0 Å². The van der Waals surface area contributed by atoms with E-state index in [4.69, 9.17) is 0 Å². The molecule has 2 unspecified atom stereocenters.